The van der Waals surface area contributed by atoms with Gasteiger partial charge in [0.25, 0.3) is 0 Å². The molecule has 2 aliphatic heterocycles. The number of piperidine rings is 1. The van der Waals surface area contributed by atoms with Gasteiger partial charge in [-0.2, -0.15) is 0 Å². The van der Waals surface area contributed by atoms with Crippen LogP contribution in [-0.2, 0) is 16.1 Å². The average molecular weight is 274 g/mol. The van der Waals surface area contributed by atoms with Gasteiger partial charge in [-0.1, -0.05) is 30.3 Å². The van der Waals surface area contributed by atoms with Crippen molar-refractivity contribution in [1.82, 2.24) is 10.2 Å². The van der Waals surface area contributed by atoms with Gasteiger partial charge in [0.05, 0.1) is 6.10 Å². The number of likely N-dealkylation sites (N-methyl/N-ethyl adjacent to an activating group) is 1. The van der Waals surface area contributed by atoms with E-state index < -0.39 is 0 Å². The van der Waals surface area contributed by atoms with Gasteiger partial charge in [0, 0.05) is 20.1 Å². The van der Waals surface area contributed by atoms with Crippen molar-refractivity contribution in [3.63, 3.8) is 0 Å². The highest BCUT2D eigenvalue weighted by Gasteiger charge is 2.41. The van der Waals surface area contributed by atoms with Crippen LogP contribution in [0.4, 0.5) is 0 Å². The summed E-state index contributed by atoms with van der Waals surface area (Å²) < 4.78 is 5.93. The maximum atomic E-state index is 11.7. The second-order valence-electron chi connectivity index (χ2n) is 5.78. The first-order valence-electron chi connectivity index (χ1n) is 7.39. The third kappa shape index (κ3) is 2.86. The van der Waals surface area contributed by atoms with Crippen LogP contribution >= 0.6 is 0 Å². The molecular formula is C16H22N2O2. The molecule has 0 aliphatic carbocycles. The second kappa shape index (κ2) is 5.94. The number of rotatable bonds is 3. The lowest BCUT2D eigenvalue weighted by Gasteiger charge is -2.34. The number of hydrogen-bond donors (Lipinski definition) is 1. The van der Waals surface area contributed by atoms with Crippen LogP contribution in [0.25, 0.3) is 0 Å². The number of amides is 1. The molecule has 0 spiro atoms. The van der Waals surface area contributed by atoms with E-state index in [9.17, 15) is 4.79 Å². The van der Waals surface area contributed by atoms with Gasteiger partial charge in [0.1, 0.15) is 6.10 Å². The summed E-state index contributed by atoms with van der Waals surface area (Å²) in [7, 11) is 1.68. The minimum atomic E-state index is -0.244. The maximum Gasteiger partial charge on any atom is 0.248 e. The third-order valence-corrected chi connectivity index (χ3v) is 4.42. The van der Waals surface area contributed by atoms with E-state index in [0.29, 0.717) is 5.92 Å². The number of benzene rings is 1. The molecule has 0 radical (unpaired) electrons. The predicted octanol–water partition coefficient (Wildman–Crippen LogP) is 1.41. The molecule has 2 saturated heterocycles. The summed E-state index contributed by atoms with van der Waals surface area (Å²) in [5, 5.41) is 2.69. The molecule has 1 aromatic carbocycles. The quantitative estimate of drug-likeness (QED) is 0.906. The Morgan fingerprint density at radius 1 is 1.40 bits per heavy atom. The minimum Gasteiger partial charge on any atom is -0.364 e. The molecule has 1 N–H and O–H groups in total. The number of carbonyl (C=O) groups is 1. The van der Waals surface area contributed by atoms with Crippen LogP contribution in [-0.4, -0.2) is 43.2 Å². The summed E-state index contributed by atoms with van der Waals surface area (Å²) >= 11 is 0. The van der Waals surface area contributed by atoms with E-state index in [1.54, 1.807) is 7.05 Å². The SMILES string of the molecule is CNC(=O)[C@H]1C[C@@H]2CCN(Cc3ccccc3)C[C@@H]2O1. The van der Waals surface area contributed by atoms with Crippen molar-refractivity contribution in [3.05, 3.63) is 35.9 Å². The zero-order valence-corrected chi connectivity index (χ0v) is 11.9. The van der Waals surface area contributed by atoms with Crippen LogP contribution in [0.2, 0.25) is 0 Å². The Kier molecular flexibility index (Phi) is 4.03. The summed E-state index contributed by atoms with van der Waals surface area (Å²) in [4.78, 5) is 14.1. The fourth-order valence-electron chi connectivity index (χ4n) is 3.31. The molecule has 4 nitrogen and oxygen atoms in total. The van der Waals surface area contributed by atoms with Crippen molar-refractivity contribution < 1.29 is 9.53 Å². The lowest BCUT2D eigenvalue weighted by Crippen LogP contribution is -2.42. The molecule has 0 saturated carbocycles. The summed E-state index contributed by atoms with van der Waals surface area (Å²) in [6.45, 7) is 3.00. The highest BCUT2D eigenvalue weighted by Crippen LogP contribution is 2.33. The smallest absolute Gasteiger partial charge is 0.248 e. The van der Waals surface area contributed by atoms with E-state index in [0.717, 1.165) is 32.5 Å². The van der Waals surface area contributed by atoms with E-state index >= 15 is 0 Å². The van der Waals surface area contributed by atoms with E-state index in [-0.39, 0.29) is 18.1 Å². The molecule has 0 bridgehead atoms. The van der Waals surface area contributed by atoms with Crippen LogP contribution in [0.1, 0.15) is 18.4 Å². The number of ether oxygens (including phenoxy) is 1. The molecule has 3 rings (SSSR count). The minimum absolute atomic E-state index is 0.0222. The van der Waals surface area contributed by atoms with Gasteiger partial charge in [0.2, 0.25) is 5.91 Å². The number of hydrogen-bond acceptors (Lipinski definition) is 3. The lowest BCUT2D eigenvalue weighted by molar-refractivity contribution is -0.132. The Morgan fingerprint density at radius 2 is 2.20 bits per heavy atom. The molecule has 2 fully saturated rings. The number of fused-ring (bicyclic) bond motifs is 1. The number of nitrogens with zero attached hydrogens (tertiary/aromatic N) is 1. The molecule has 20 heavy (non-hydrogen) atoms. The van der Waals surface area contributed by atoms with Gasteiger partial charge in [0.15, 0.2) is 0 Å². The van der Waals surface area contributed by atoms with Crippen molar-refractivity contribution in [2.75, 3.05) is 20.1 Å². The zero-order valence-electron chi connectivity index (χ0n) is 11.9. The normalized spacial score (nSPS) is 29.9. The molecule has 1 aromatic rings. The topological polar surface area (TPSA) is 41.6 Å². The summed E-state index contributed by atoms with van der Waals surface area (Å²) in [5.74, 6) is 0.568. The molecule has 0 aromatic heterocycles. The van der Waals surface area contributed by atoms with Gasteiger partial charge in [-0.15, -0.1) is 0 Å². The monoisotopic (exact) mass is 274 g/mol. The molecule has 2 heterocycles. The van der Waals surface area contributed by atoms with Crippen molar-refractivity contribution in [3.8, 4) is 0 Å². The van der Waals surface area contributed by atoms with Gasteiger partial charge < -0.3 is 10.1 Å². The largest absolute Gasteiger partial charge is 0.364 e. The second-order valence-corrected chi connectivity index (χ2v) is 5.78. The molecule has 4 heteroatoms. The highest BCUT2D eigenvalue weighted by atomic mass is 16.5. The Balaban J connectivity index is 1.57. The molecule has 1 amide bonds. The van der Waals surface area contributed by atoms with Crippen molar-refractivity contribution in [2.45, 2.75) is 31.6 Å². The molecule has 0 unspecified atom stereocenters. The van der Waals surface area contributed by atoms with E-state index in [1.807, 2.05) is 6.07 Å². The van der Waals surface area contributed by atoms with Crippen LogP contribution in [0.15, 0.2) is 30.3 Å². The fourth-order valence-corrected chi connectivity index (χ4v) is 3.31. The first kappa shape index (κ1) is 13.6. The Labute approximate surface area is 120 Å². The van der Waals surface area contributed by atoms with E-state index in [2.05, 4.69) is 34.5 Å². The molecular weight excluding hydrogens is 252 g/mol. The molecule has 2 aliphatic rings. The average Bonchev–Trinajstić information content (AvgIpc) is 2.90. The van der Waals surface area contributed by atoms with E-state index in [4.69, 9.17) is 4.74 Å². The van der Waals surface area contributed by atoms with Gasteiger partial charge in [-0.05, 0) is 30.9 Å². The summed E-state index contributed by atoms with van der Waals surface area (Å²) in [6, 6.07) is 10.5. The zero-order chi connectivity index (χ0) is 13.9. The van der Waals surface area contributed by atoms with Crippen LogP contribution in [0, 0.1) is 5.92 Å². The number of carbonyl (C=O) groups excluding carboxylic acids is 1. The fraction of sp³-hybridized carbons (Fsp3) is 0.562. The van der Waals surface area contributed by atoms with Crippen molar-refractivity contribution in [1.29, 1.82) is 0 Å². The van der Waals surface area contributed by atoms with Crippen LogP contribution < -0.4 is 5.32 Å². The maximum absolute atomic E-state index is 11.7. The molecule has 108 valence electrons. The predicted molar refractivity (Wildman–Crippen MR) is 77.2 cm³/mol. The third-order valence-electron chi connectivity index (χ3n) is 4.42. The Morgan fingerprint density at radius 3 is 2.95 bits per heavy atom. The standard InChI is InChI=1S/C16H22N2O2/c1-17-16(19)14-9-13-7-8-18(11-15(13)20-14)10-12-5-3-2-4-6-12/h2-6,13-15H,7-11H2,1H3,(H,17,19)/t13-,14+,15-/m0/s1. The first-order chi connectivity index (χ1) is 9.76. The molecule has 3 atom stereocenters. The van der Waals surface area contributed by atoms with Gasteiger partial charge >= 0.3 is 0 Å². The number of likely N-dealkylation sites (tertiary alicyclic amines) is 1. The van der Waals surface area contributed by atoms with Gasteiger partial charge in [-0.3, -0.25) is 9.69 Å². The van der Waals surface area contributed by atoms with Crippen LogP contribution in [0.3, 0.4) is 0 Å². The van der Waals surface area contributed by atoms with Crippen molar-refractivity contribution >= 4 is 5.91 Å². The Bertz CT molecular complexity index is 463. The number of nitrogens with one attached hydrogen (secondary N) is 1. The van der Waals surface area contributed by atoms with Gasteiger partial charge in [-0.25, -0.2) is 0 Å². The Hall–Kier alpha value is -1.39. The van der Waals surface area contributed by atoms with Crippen molar-refractivity contribution in [2.24, 2.45) is 5.92 Å². The van der Waals surface area contributed by atoms with E-state index in [1.165, 1.54) is 5.56 Å². The summed E-state index contributed by atoms with van der Waals surface area (Å²) in [6.07, 6.45) is 1.98. The summed E-state index contributed by atoms with van der Waals surface area (Å²) in [5.41, 5.74) is 1.34. The highest BCUT2D eigenvalue weighted by molar-refractivity contribution is 5.80. The van der Waals surface area contributed by atoms with Crippen LogP contribution in [0.5, 0.6) is 0 Å². The first-order valence-corrected chi connectivity index (χ1v) is 7.39. The lowest BCUT2D eigenvalue weighted by atomic mass is 9.91.